The Labute approximate surface area is 107 Å². The number of hydrogen-bond donors (Lipinski definition) is 3. The van der Waals surface area contributed by atoms with Crippen LogP contribution in [-0.4, -0.2) is 51.2 Å². The topological polar surface area (TPSA) is 143 Å². The first-order chi connectivity index (χ1) is 8.99. The molecule has 102 valence electrons. The van der Waals surface area contributed by atoms with Gasteiger partial charge in [-0.05, 0) is 0 Å². The standard InChI is InChI=1S/C8H10N6O4S/c15-8(16)7-5-14(13-12-7)2-1-11-19(17,18)6-3-9-10-4-6/h3-5,11H,1-2H2,(H,9,10)(H,15,16). The number of carboxylic acids is 1. The van der Waals surface area contributed by atoms with Crippen molar-refractivity contribution in [1.82, 2.24) is 29.9 Å². The van der Waals surface area contributed by atoms with Crippen LogP contribution in [-0.2, 0) is 16.6 Å². The minimum absolute atomic E-state index is 0.0253. The van der Waals surface area contributed by atoms with Crippen molar-refractivity contribution in [3.8, 4) is 0 Å². The van der Waals surface area contributed by atoms with E-state index in [9.17, 15) is 13.2 Å². The highest BCUT2D eigenvalue weighted by Gasteiger charge is 2.14. The number of sulfonamides is 1. The van der Waals surface area contributed by atoms with Crippen LogP contribution in [0.15, 0.2) is 23.5 Å². The van der Waals surface area contributed by atoms with Gasteiger partial charge >= 0.3 is 5.97 Å². The molecule has 2 heterocycles. The second kappa shape index (κ2) is 5.16. The molecule has 0 spiro atoms. The van der Waals surface area contributed by atoms with Gasteiger partial charge in [0.2, 0.25) is 10.0 Å². The zero-order chi connectivity index (χ0) is 13.9. The quantitative estimate of drug-likeness (QED) is 0.597. The molecule has 0 aliphatic heterocycles. The summed E-state index contributed by atoms with van der Waals surface area (Å²) >= 11 is 0. The van der Waals surface area contributed by atoms with Gasteiger partial charge in [-0.2, -0.15) is 5.10 Å². The van der Waals surface area contributed by atoms with E-state index < -0.39 is 16.0 Å². The molecule has 0 aromatic carbocycles. The van der Waals surface area contributed by atoms with Crippen molar-refractivity contribution in [2.24, 2.45) is 0 Å². The summed E-state index contributed by atoms with van der Waals surface area (Å²) in [5.41, 5.74) is -0.197. The Hall–Kier alpha value is -2.27. The monoisotopic (exact) mass is 286 g/mol. The second-order valence-corrected chi connectivity index (χ2v) is 5.27. The summed E-state index contributed by atoms with van der Waals surface area (Å²) in [5, 5.41) is 21.5. The Balaban J connectivity index is 1.91. The Morgan fingerprint density at radius 1 is 1.53 bits per heavy atom. The molecule has 2 aromatic heterocycles. The third-order valence-electron chi connectivity index (χ3n) is 2.17. The minimum Gasteiger partial charge on any atom is -0.476 e. The van der Waals surface area contributed by atoms with Gasteiger partial charge in [0.05, 0.1) is 18.9 Å². The van der Waals surface area contributed by atoms with Crippen LogP contribution in [0.5, 0.6) is 0 Å². The largest absolute Gasteiger partial charge is 0.476 e. The van der Waals surface area contributed by atoms with E-state index >= 15 is 0 Å². The van der Waals surface area contributed by atoms with Crippen molar-refractivity contribution < 1.29 is 18.3 Å². The van der Waals surface area contributed by atoms with Crippen LogP contribution in [0.1, 0.15) is 10.5 Å². The van der Waals surface area contributed by atoms with Gasteiger partial charge in [0, 0.05) is 12.7 Å². The van der Waals surface area contributed by atoms with E-state index in [-0.39, 0.29) is 23.7 Å². The molecule has 19 heavy (non-hydrogen) atoms. The van der Waals surface area contributed by atoms with Crippen LogP contribution in [0.25, 0.3) is 0 Å². The molecule has 0 saturated carbocycles. The molecule has 3 N–H and O–H groups in total. The van der Waals surface area contributed by atoms with E-state index in [0.29, 0.717) is 0 Å². The number of carbonyl (C=O) groups is 1. The first-order valence-electron chi connectivity index (χ1n) is 5.11. The average Bonchev–Trinajstić information content (AvgIpc) is 3.00. The molecule has 0 bridgehead atoms. The van der Waals surface area contributed by atoms with Crippen LogP contribution < -0.4 is 4.72 Å². The lowest BCUT2D eigenvalue weighted by atomic mass is 10.5. The predicted octanol–water partition coefficient (Wildman–Crippen LogP) is -1.32. The number of carboxylic acid groups (broad SMARTS) is 1. The average molecular weight is 286 g/mol. The number of nitrogens with zero attached hydrogens (tertiary/aromatic N) is 4. The van der Waals surface area contributed by atoms with E-state index in [4.69, 9.17) is 5.11 Å². The van der Waals surface area contributed by atoms with Gasteiger partial charge in [-0.25, -0.2) is 17.9 Å². The van der Waals surface area contributed by atoms with Crippen molar-refractivity contribution in [2.45, 2.75) is 11.4 Å². The van der Waals surface area contributed by atoms with Crippen molar-refractivity contribution >= 4 is 16.0 Å². The smallest absolute Gasteiger partial charge is 0.358 e. The molecule has 0 aliphatic carbocycles. The number of aromatic nitrogens is 5. The SMILES string of the molecule is O=C(O)c1cn(CCNS(=O)(=O)c2cn[nH]c2)nn1. The van der Waals surface area contributed by atoms with Crippen molar-refractivity contribution in [2.75, 3.05) is 6.54 Å². The predicted molar refractivity (Wildman–Crippen MR) is 60.8 cm³/mol. The lowest BCUT2D eigenvalue weighted by Crippen LogP contribution is -2.27. The van der Waals surface area contributed by atoms with E-state index in [1.165, 1.54) is 23.3 Å². The molecule has 2 aromatic rings. The molecular weight excluding hydrogens is 276 g/mol. The molecule has 0 unspecified atom stereocenters. The number of aromatic carboxylic acids is 1. The van der Waals surface area contributed by atoms with Crippen molar-refractivity contribution in [3.63, 3.8) is 0 Å². The molecule has 0 amide bonds. The number of aromatic amines is 1. The van der Waals surface area contributed by atoms with Crippen LogP contribution >= 0.6 is 0 Å². The number of nitrogens with one attached hydrogen (secondary N) is 2. The van der Waals surface area contributed by atoms with Gasteiger partial charge in [-0.15, -0.1) is 5.10 Å². The van der Waals surface area contributed by atoms with Gasteiger partial charge in [0.25, 0.3) is 0 Å². The second-order valence-electron chi connectivity index (χ2n) is 3.50. The van der Waals surface area contributed by atoms with Gasteiger partial charge in [-0.3, -0.25) is 9.78 Å². The van der Waals surface area contributed by atoms with Crippen molar-refractivity contribution in [1.29, 1.82) is 0 Å². The molecule has 0 radical (unpaired) electrons. The number of H-pyrrole nitrogens is 1. The Bertz CT molecular complexity index is 661. The van der Waals surface area contributed by atoms with Crippen LogP contribution in [0.2, 0.25) is 0 Å². The maximum absolute atomic E-state index is 11.7. The Morgan fingerprint density at radius 3 is 2.89 bits per heavy atom. The molecule has 2 rings (SSSR count). The van der Waals surface area contributed by atoms with Gasteiger partial charge in [0.1, 0.15) is 4.90 Å². The zero-order valence-corrected chi connectivity index (χ0v) is 10.3. The molecule has 0 atom stereocenters. The highest BCUT2D eigenvalue weighted by Crippen LogP contribution is 2.03. The fraction of sp³-hybridized carbons (Fsp3) is 0.250. The summed E-state index contributed by atoms with van der Waals surface area (Å²) in [7, 11) is -3.62. The Morgan fingerprint density at radius 2 is 2.32 bits per heavy atom. The summed E-state index contributed by atoms with van der Waals surface area (Å²) in [4.78, 5) is 10.6. The number of hydrogen-bond acceptors (Lipinski definition) is 6. The zero-order valence-electron chi connectivity index (χ0n) is 9.52. The van der Waals surface area contributed by atoms with Crippen molar-refractivity contribution in [3.05, 3.63) is 24.3 Å². The summed E-state index contributed by atoms with van der Waals surface area (Å²) in [6.45, 7) is 0.216. The lowest BCUT2D eigenvalue weighted by molar-refractivity contribution is 0.0690. The third kappa shape index (κ3) is 3.14. The lowest BCUT2D eigenvalue weighted by Gasteiger charge is -2.03. The van der Waals surface area contributed by atoms with E-state index in [2.05, 4.69) is 25.2 Å². The fourth-order valence-electron chi connectivity index (χ4n) is 1.27. The molecule has 0 aliphatic rings. The normalized spacial score (nSPS) is 11.6. The highest BCUT2D eigenvalue weighted by molar-refractivity contribution is 7.89. The summed E-state index contributed by atoms with van der Waals surface area (Å²) < 4.78 is 26.9. The van der Waals surface area contributed by atoms with Crippen LogP contribution in [0.3, 0.4) is 0 Å². The van der Waals surface area contributed by atoms with E-state index in [1.807, 2.05) is 0 Å². The third-order valence-corrected chi connectivity index (χ3v) is 3.60. The first-order valence-corrected chi connectivity index (χ1v) is 6.59. The Kier molecular flexibility index (Phi) is 3.57. The molecule has 0 fully saturated rings. The van der Waals surface area contributed by atoms with Crippen LogP contribution in [0.4, 0.5) is 0 Å². The van der Waals surface area contributed by atoms with Gasteiger partial charge in [-0.1, -0.05) is 5.21 Å². The van der Waals surface area contributed by atoms with Gasteiger partial charge in [0.15, 0.2) is 5.69 Å². The maximum atomic E-state index is 11.7. The highest BCUT2D eigenvalue weighted by atomic mass is 32.2. The van der Waals surface area contributed by atoms with E-state index in [1.54, 1.807) is 0 Å². The molecule has 11 heteroatoms. The first kappa shape index (κ1) is 13.2. The molecule has 0 saturated heterocycles. The minimum atomic E-state index is -3.62. The fourth-order valence-corrected chi connectivity index (χ4v) is 2.20. The maximum Gasteiger partial charge on any atom is 0.358 e. The van der Waals surface area contributed by atoms with Crippen LogP contribution in [0, 0.1) is 0 Å². The van der Waals surface area contributed by atoms with E-state index in [0.717, 1.165) is 0 Å². The summed E-state index contributed by atoms with van der Waals surface area (Å²) in [5.74, 6) is -1.19. The molecular formula is C8H10N6O4S. The van der Waals surface area contributed by atoms with Gasteiger partial charge < -0.3 is 5.11 Å². The summed E-state index contributed by atoms with van der Waals surface area (Å²) in [6.07, 6.45) is 3.65. The molecule has 10 nitrogen and oxygen atoms in total. The number of rotatable bonds is 6. The summed E-state index contributed by atoms with van der Waals surface area (Å²) in [6, 6.07) is 0.